The molecule has 0 radical (unpaired) electrons. The number of carbonyl (C=O) groups is 1. The fraction of sp³-hybridized carbons (Fsp3) is 0.542. The monoisotopic (exact) mass is 398 g/mol. The zero-order chi connectivity index (χ0) is 20.4. The average Bonchev–Trinajstić information content (AvgIpc) is 3.36. The Morgan fingerprint density at radius 3 is 2.69 bits per heavy atom. The van der Waals surface area contributed by atoms with Crippen LogP contribution in [0.2, 0.25) is 0 Å². The van der Waals surface area contributed by atoms with E-state index in [-0.39, 0.29) is 11.7 Å². The molecule has 0 aliphatic carbocycles. The van der Waals surface area contributed by atoms with Gasteiger partial charge in [-0.05, 0) is 86.9 Å². The number of carbonyl (C=O) groups excluding carboxylic acids is 1. The number of aryl methyl sites for hydroxylation is 1. The number of hydrogen-bond donors (Lipinski definition) is 0. The van der Waals surface area contributed by atoms with Crippen molar-refractivity contribution in [1.29, 1.82) is 0 Å². The molecule has 2 aliphatic rings. The third-order valence-corrected chi connectivity index (χ3v) is 6.46. The van der Waals surface area contributed by atoms with Crippen molar-refractivity contribution in [2.45, 2.75) is 46.1 Å². The van der Waals surface area contributed by atoms with Gasteiger partial charge in [0.1, 0.15) is 11.6 Å². The topological polar surface area (TPSA) is 36.7 Å². The van der Waals surface area contributed by atoms with Gasteiger partial charge in [-0.2, -0.15) is 0 Å². The predicted molar refractivity (Wildman–Crippen MR) is 111 cm³/mol. The predicted octanol–water partition coefficient (Wildman–Crippen LogP) is 4.66. The fourth-order valence-corrected chi connectivity index (χ4v) is 4.45. The normalized spacial score (nSPS) is 21.1. The molecule has 0 bridgehead atoms. The molecule has 1 amide bonds. The molecular weight excluding hydrogens is 367 g/mol. The van der Waals surface area contributed by atoms with Crippen LogP contribution in [-0.4, -0.2) is 41.9 Å². The number of halogens is 1. The Bertz CT molecular complexity index is 854. The van der Waals surface area contributed by atoms with Gasteiger partial charge in [-0.3, -0.25) is 9.69 Å². The second-order valence-corrected chi connectivity index (χ2v) is 8.92. The molecule has 2 aliphatic heterocycles. The standard InChI is InChI=1S/C24H31FN2O2/c1-17-7-10-26(11-8-17)16-21-5-6-23(29-21)24(28)27-12-9-20(15-27)13-19-4-3-18(2)22(25)14-19/h3-6,14,17,20H,7-13,15-16H2,1-2H3. The summed E-state index contributed by atoms with van der Waals surface area (Å²) in [6, 6.07) is 9.19. The molecule has 1 aromatic carbocycles. The first-order valence-electron chi connectivity index (χ1n) is 10.8. The van der Waals surface area contributed by atoms with Crippen LogP contribution in [0.1, 0.15) is 53.6 Å². The van der Waals surface area contributed by atoms with E-state index in [1.54, 1.807) is 13.0 Å². The second kappa shape index (κ2) is 8.70. The van der Waals surface area contributed by atoms with Crippen LogP contribution in [-0.2, 0) is 13.0 Å². The Labute approximate surface area is 172 Å². The average molecular weight is 399 g/mol. The van der Waals surface area contributed by atoms with Crippen molar-refractivity contribution in [2.75, 3.05) is 26.2 Å². The van der Waals surface area contributed by atoms with E-state index in [0.29, 0.717) is 23.8 Å². The molecule has 3 heterocycles. The molecule has 2 fully saturated rings. The van der Waals surface area contributed by atoms with Gasteiger partial charge in [0, 0.05) is 13.1 Å². The zero-order valence-corrected chi connectivity index (χ0v) is 17.5. The molecule has 0 saturated carbocycles. The van der Waals surface area contributed by atoms with Gasteiger partial charge in [-0.1, -0.05) is 19.1 Å². The maximum absolute atomic E-state index is 13.8. The lowest BCUT2D eigenvalue weighted by Crippen LogP contribution is -2.32. The summed E-state index contributed by atoms with van der Waals surface area (Å²) in [7, 11) is 0. The van der Waals surface area contributed by atoms with Crippen LogP contribution >= 0.6 is 0 Å². The summed E-state index contributed by atoms with van der Waals surface area (Å²) in [5, 5.41) is 0. The third kappa shape index (κ3) is 4.89. The zero-order valence-electron chi connectivity index (χ0n) is 17.5. The highest BCUT2D eigenvalue weighted by atomic mass is 19.1. The van der Waals surface area contributed by atoms with Gasteiger partial charge < -0.3 is 9.32 Å². The van der Waals surface area contributed by atoms with Gasteiger partial charge in [-0.15, -0.1) is 0 Å². The number of piperidine rings is 1. The summed E-state index contributed by atoms with van der Waals surface area (Å²) in [5.41, 5.74) is 1.67. The van der Waals surface area contributed by atoms with Crippen LogP contribution < -0.4 is 0 Å². The van der Waals surface area contributed by atoms with E-state index in [0.717, 1.165) is 56.3 Å². The first-order valence-corrected chi connectivity index (χ1v) is 10.8. The maximum Gasteiger partial charge on any atom is 0.289 e. The van der Waals surface area contributed by atoms with Crippen molar-refractivity contribution in [3.63, 3.8) is 0 Å². The molecule has 156 valence electrons. The summed E-state index contributed by atoms with van der Waals surface area (Å²) >= 11 is 0. The number of amides is 1. The van der Waals surface area contributed by atoms with Crippen LogP contribution in [0, 0.1) is 24.6 Å². The van der Waals surface area contributed by atoms with Crippen molar-refractivity contribution < 1.29 is 13.6 Å². The highest BCUT2D eigenvalue weighted by Crippen LogP contribution is 2.25. The third-order valence-electron chi connectivity index (χ3n) is 6.46. The first kappa shape index (κ1) is 20.1. The van der Waals surface area contributed by atoms with E-state index >= 15 is 0 Å². The first-order chi connectivity index (χ1) is 14.0. The van der Waals surface area contributed by atoms with E-state index in [1.807, 2.05) is 29.2 Å². The lowest BCUT2D eigenvalue weighted by molar-refractivity contribution is 0.0750. The highest BCUT2D eigenvalue weighted by Gasteiger charge is 2.29. The molecule has 2 saturated heterocycles. The van der Waals surface area contributed by atoms with Crippen LogP contribution in [0.4, 0.5) is 4.39 Å². The minimum absolute atomic E-state index is 0.0268. The van der Waals surface area contributed by atoms with E-state index < -0.39 is 0 Å². The number of benzene rings is 1. The van der Waals surface area contributed by atoms with Crippen molar-refractivity contribution in [1.82, 2.24) is 9.80 Å². The molecule has 4 rings (SSSR count). The van der Waals surface area contributed by atoms with Crippen molar-refractivity contribution in [3.05, 3.63) is 58.8 Å². The second-order valence-electron chi connectivity index (χ2n) is 8.92. The summed E-state index contributed by atoms with van der Waals surface area (Å²) in [4.78, 5) is 17.1. The number of hydrogen-bond acceptors (Lipinski definition) is 3. The van der Waals surface area contributed by atoms with Crippen molar-refractivity contribution in [3.8, 4) is 0 Å². The van der Waals surface area contributed by atoms with E-state index in [9.17, 15) is 9.18 Å². The van der Waals surface area contributed by atoms with Gasteiger partial charge in [0.05, 0.1) is 6.54 Å². The van der Waals surface area contributed by atoms with E-state index in [1.165, 1.54) is 12.8 Å². The summed E-state index contributed by atoms with van der Waals surface area (Å²) in [6.45, 7) is 8.49. The quantitative estimate of drug-likeness (QED) is 0.735. The molecule has 2 aromatic rings. The maximum atomic E-state index is 13.8. The number of rotatable bonds is 5. The largest absolute Gasteiger partial charge is 0.455 e. The molecule has 1 atom stereocenters. The van der Waals surface area contributed by atoms with Crippen molar-refractivity contribution in [2.24, 2.45) is 11.8 Å². The van der Waals surface area contributed by atoms with Crippen molar-refractivity contribution >= 4 is 5.91 Å². The SMILES string of the molecule is Cc1ccc(CC2CCN(C(=O)c3ccc(CN4CCC(C)CC4)o3)C2)cc1F. The molecule has 4 nitrogen and oxygen atoms in total. The lowest BCUT2D eigenvalue weighted by Gasteiger charge is -2.29. The highest BCUT2D eigenvalue weighted by molar-refractivity contribution is 5.91. The van der Waals surface area contributed by atoms with Crippen LogP contribution in [0.3, 0.4) is 0 Å². The molecular formula is C24H31FN2O2. The Morgan fingerprint density at radius 2 is 1.93 bits per heavy atom. The molecule has 5 heteroatoms. The minimum Gasteiger partial charge on any atom is -0.455 e. The smallest absolute Gasteiger partial charge is 0.289 e. The molecule has 29 heavy (non-hydrogen) atoms. The van der Waals surface area contributed by atoms with Crippen LogP contribution in [0.5, 0.6) is 0 Å². The minimum atomic E-state index is -0.153. The summed E-state index contributed by atoms with van der Waals surface area (Å²) in [6.07, 6.45) is 4.21. The Morgan fingerprint density at radius 1 is 1.14 bits per heavy atom. The molecule has 0 N–H and O–H groups in total. The van der Waals surface area contributed by atoms with Gasteiger partial charge in [0.15, 0.2) is 5.76 Å². The van der Waals surface area contributed by atoms with Gasteiger partial charge in [-0.25, -0.2) is 4.39 Å². The Hall–Kier alpha value is -2.14. The van der Waals surface area contributed by atoms with Gasteiger partial charge >= 0.3 is 0 Å². The van der Waals surface area contributed by atoms with E-state index in [2.05, 4.69) is 11.8 Å². The molecule has 1 aromatic heterocycles. The van der Waals surface area contributed by atoms with Crippen LogP contribution in [0.25, 0.3) is 0 Å². The fourth-order valence-electron chi connectivity index (χ4n) is 4.45. The molecule has 0 spiro atoms. The molecule has 1 unspecified atom stereocenters. The summed E-state index contributed by atoms with van der Waals surface area (Å²) in [5.74, 6) is 2.30. The lowest BCUT2D eigenvalue weighted by atomic mass is 9.98. The van der Waals surface area contributed by atoms with Gasteiger partial charge in [0.25, 0.3) is 5.91 Å². The Balaban J connectivity index is 1.31. The van der Waals surface area contributed by atoms with Crippen LogP contribution in [0.15, 0.2) is 34.7 Å². The van der Waals surface area contributed by atoms with E-state index in [4.69, 9.17) is 4.42 Å². The Kier molecular flexibility index (Phi) is 6.04. The number of likely N-dealkylation sites (tertiary alicyclic amines) is 2. The number of furan rings is 1. The summed E-state index contributed by atoms with van der Waals surface area (Å²) < 4.78 is 19.7. The van der Waals surface area contributed by atoms with Gasteiger partial charge in [0.2, 0.25) is 0 Å². The number of nitrogens with zero attached hydrogens (tertiary/aromatic N) is 2.